The van der Waals surface area contributed by atoms with Gasteiger partial charge in [0.1, 0.15) is 12.6 Å². The second kappa shape index (κ2) is 8.11. The summed E-state index contributed by atoms with van der Waals surface area (Å²) in [5.41, 5.74) is 0.558. The third kappa shape index (κ3) is 4.78. The van der Waals surface area contributed by atoms with E-state index >= 15 is 0 Å². The Morgan fingerprint density at radius 3 is 2.72 bits per heavy atom. The lowest BCUT2D eigenvalue weighted by Crippen LogP contribution is -2.97. The van der Waals surface area contributed by atoms with Crippen LogP contribution in [0.25, 0.3) is 10.8 Å². The predicted molar refractivity (Wildman–Crippen MR) is 101 cm³/mol. The number of halogens is 3. The topological polar surface area (TPSA) is 54.9 Å². The standard InChI is InChI=1S/C18H19Cl3N2O2/c19-18(20,21)17(22-11-13-7-4-10-25-13)23-16(24)15-9-3-6-12-5-1-2-8-14(12)15/h1-3,5-6,8-9,13,17,22H,4,7,10-11H2,(H,23,24)/p+1. The van der Waals surface area contributed by atoms with E-state index in [1.165, 1.54) is 0 Å². The van der Waals surface area contributed by atoms with Crippen LogP contribution in [0.5, 0.6) is 0 Å². The molecule has 0 saturated carbocycles. The van der Waals surface area contributed by atoms with E-state index in [2.05, 4.69) is 5.32 Å². The average Bonchev–Trinajstić information content (AvgIpc) is 3.10. The number of alkyl halides is 3. The van der Waals surface area contributed by atoms with Gasteiger partial charge in [-0.1, -0.05) is 71.2 Å². The molecule has 1 heterocycles. The normalized spacial score (nSPS) is 19.1. The maximum absolute atomic E-state index is 12.8. The van der Waals surface area contributed by atoms with Crippen LogP contribution >= 0.6 is 34.8 Å². The third-order valence-electron chi connectivity index (χ3n) is 4.33. The largest absolute Gasteiger partial charge is 0.372 e. The highest BCUT2D eigenvalue weighted by Crippen LogP contribution is 2.28. The van der Waals surface area contributed by atoms with Crippen LogP contribution in [0.4, 0.5) is 0 Å². The van der Waals surface area contributed by atoms with Crippen LogP contribution in [0.2, 0.25) is 0 Å². The zero-order valence-electron chi connectivity index (χ0n) is 13.6. The molecule has 1 amide bonds. The van der Waals surface area contributed by atoms with Crippen LogP contribution in [-0.2, 0) is 4.74 Å². The number of hydrogen-bond acceptors (Lipinski definition) is 2. The Morgan fingerprint density at radius 2 is 2.00 bits per heavy atom. The number of rotatable bonds is 5. The number of carbonyl (C=O) groups excluding carboxylic acids is 1. The van der Waals surface area contributed by atoms with Crippen LogP contribution in [0.3, 0.4) is 0 Å². The lowest BCUT2D eigenvalue weighted by Gasteiger charge is -2.24. The van der Waals surface area contributed by atoms with Gasteiger partial charge in [-0.15, -0.1) is 0 Å². The highest BCUT2D eigenvalue weighted by Gasteiger charge is 2.38. The molecule has 0 aromatic heterocycles. The fourth-order valence-corrected chi connectivity index (χ4v) is 3.47. The van der Waals surface area contributed by atoms with E-state index in [1.54, 1.807) is 6.07 Å². The summed E-state index contributed by atoms with van der Waals surface area (Å²) in [6.45, 7) is 1.40. The summed E-state index contributed by atoms with van der Waals surface area (Å²) in [6, 6.07) is 13.3. The zero-order valence-corrected chi connectivity index (χ0v) is 15.8. The van der Waals surface area contributed by atoms with Crippen LogP contribution in [0, 0.1) is 0 Å². The number of ether oxygens (including phenoxy) is 1. The molecule has 3 N–H and O–H groups in total. The molecule has 2 unspecified atom stereocenters. The summed E-state index contributed by atoms with van der Waals surface area (Å²) in [4.78, 5) is 12.8. The van der Waals surface area contributed by atoms with Gasteiger partial charge in [0.05, 0.1) is 0 Å². The monoisotopic (exact) mass is 401 g/mol. The van der Waals surface area contributed by atoms with Crippen molar-refractivity contribution in [1.29, 1.82) is 0 Å². The number of benzene rings is 2. The predicted octanol–water partition coefficient (Wildman–Crippen LogP) is 3.01. The highest BCUT2D eigenvalue weighted by molar-refractivity contribution is 6.68. The lowest BCUT2D eigenvalue weighted by molar-refractivity contribution is -0.697. The first-order valence-corrected chi connectivity index (χ1v) is 9.39. The van der Waals surface area contributed by atoms with E-state index in [9.17, 15) is 4.79 Å². The van der Waals surface area contributed by atoms with Gasteiger partial charge in [0.25, 0.3) is 9.70 Å². The maximum Gasteiger partial charge on any atom is 0.262 e. The number of carbonyl (C=O) groups is 1. The molecule has 134 valence electrons. The first-order chi connectivity index (χ1) is 11.9. The van der Waals surface area contributed by atoms with E-state index in [4.69, 9.17) is 39.5 Å². The molecule has 4 nitrogen and oxygen atoms in total. The Labute approximate surface area is 161 Å². The summed E-state index contributed by atoms with van der Waals surface area (Å²) < 4.78 is 3.96. The van der Waals surface area contributed by atoms with Crippen molar-refractivity contribution in [2.75, 3.05) is 13.2 Å². The minimum absolute atomic E-state index is 0.129. The Bertz CT molecular complexity index is 737. The van der Waals surface area contributed by atoms with Gasteiger partial charge < -0.3 is 10.1 Å². The molecule has 0 aliphatic carbocycles. The minimum Gasteiger partial charge on any atom is -0.372 e. The maximum atomic E-state index is 12.8. The number of amides is 1. The molecule has 0 spiro atoms. The quantitative estimate of drug-likeness (QED) is 0.597. The summed E-state index contributed by atoms with van der Waals surface area (Å²) in [7, 11) is 0. The van der Waals surface area contributed by atoms with Crippen LogP contribution in [0.1, 0.15) is 23.2 Å². The number of hydrogen-bond donors (Lipinski definition) is 2. The second-order valence-electron chi connectivity index (χ2n) is 6.13. The van der Waals surface area contributed by atoms with Gasteiger partial charge in [-0.3, -0.25) is 10.1 Å². The number of nitrogens with two attached hydrogens (primary N) is 1. The first-order valence-electron chi connectivity index (χ1n) is 8.25. The highest BCUT2D eigenvalue weighted by atomic mass is 35.6. The van der Waals surface area contributed by atoms with Crippen LogP contribution < -0.4 is 10.6 Å². The third-order valence-corrected chi connectivity index (χ3v) is 5.04. The van der Waals surface area contributed by atoms with Gasteiger partial charge in [-0.05, 0) is 29.7 Å². The number of nitrogens with one attached hydrogen (secondary N) is 1. The molecule has 2 atom stereocenters. The van der Waals surface area contributed by atoms with Crippen molar-refractivity contribution in [3.8, 4) is 0 Å². The van der Waals surface area contributed by atoms with Crippen molar-refractivity contribution in [2.24, 2.45) is 0 Å². The van der Waals surface area contributed by atoms with Gasteiger partial charge in [0, 0.05) is 12.2 Å². The Morgan fingerprint density at radius 1 is 1.24 bits per heavy atom. The van der Waals surface area contributed by atoms with Gasteiger partial charge in [-0.2, -0.15) is 0 Å². The van der Waals surface area contributed by atoms with Crippen LogP contribution in [0.15, 0.2) is 42.5 Å². The number of quaternary nitrogens is 1. The Balaban J connectivity index is 1.74. The van der Waals surface area contributed by atoms with Gasteiger partial charge in [0.2, 0.25) is 6.17 Å². The van der Waals surface area contributed by atoms with E-state index < -0.39 is 9.96 Å². The molecule has 3 rings (SSSR count). The van der Waals surface area contributed by atoms with E-state index in [-0.39, 0.29) is 12.0 Å². The summed E-state index contributed by atoms with van der Waals surface area (Å²) in [6.07, 6.45) is 1.46. The Kier molecular flexibility index (Phi) is 6.08. The van der Waals surface area contributed by atoms with Crippen LogP contribution in [-0.4, -0.2) is 35.1 Å². The first kappa shape index (κ1) is 18.7. The van der Waals surface area contributed by atoms with E-state index in [0.29, 0.717) is 12.1 Å². The molecule has 1 aliphatic heterocycles. The van der Waals surface area contributed by atoms with Crippen molar-refractivity contribution >= 4 is 51.5 Å². The zero-order chi connectivity index (χ0) is 17.9. The molecule has 1 fully saturated rings. The lowest BCUT2D eigenvalue weighted by atomic mass is 10.0. The molecule has 7 heteroatoms. The second-order valence-corrected chi connectivity index (χ2v) is 8.49. The smallest absolute Gasteiger partial charge is 0.262 e. The number of fused-ring (bicyclic) bond motifs is 1. The minimum atomic E-state index is -1.63. The molecule has 2 aromatic rings. The van der Waals surface area contributed by atoms with E-state index in [0.717, 1.165) is 30.2 Å². The fourth-order valence-electron chi connectivity index (χ4n) is 3.03. The molecule has 25 heavy (non-hydrogen) atoms. The van der Waals surface area contributed by atoms with Gasteiger partial charge in [0.15, 0.2) is 0 Å². The molecule has 0 bridgehead atoms. The molecule has 2 aromatic carbocycles. The van der Waals surface area contributed by atoms with Crippen molar-refractivity contribution in [2.45, 2.75) is 28.9 Å². The SMILES string of the molecule is O=C(NC([NH2+]CC1CCCO1)C(Cl)(Cl)Cl)c1cccc2ccccc12. The van der Waals surface area contributed by atoms with Crippen molar-refractivity contribution in [3.63, 3.8) is 0 Å². The molecule has 0 radical (unpaired) electrons. The Hall–Kier alpha value is -1.04. The summed E-state index contributed by atoms with van der Waals surface area (Å²) in [5.74, 6) is -0.267. The summed E-state index contributed by atoms with van der Waals surface area (Å²) in [5, 5.41) is 6.52. The van der Waals surface area contributed by atoms with Crippen molar-refractivity contribution in [3.05, 3.63) is 48.0 Å². The fraction of sp³-hybridized carbons (Fsp3) is 0.389. The molecule has 1 saturated heterocycles. The molecular formula is C18H20Cl3N2O2+. The average molecular weight is 403 g/mol. The van der Waals surface area contributed by atoms with Crippen molar-refractivity contribution < 1.29 is 14.8 Å². The van der Waals surface area contributed by atoms with Crippen molar-refractivity contribution in [1.82, 2.24) is 5.32 Å². The van der Waals surface area contributed by atoms with E-state index in [1.807, 2.05) is 41.7 Å². The molecule has 1 aliphatic rings. The molecular weight excluding hydrogens is 383 g/mol. The van der Waals surface area contributed by atoms with Gasteiger partial charge >= 0.3 is 0 Å². The van der Waals surface area contributed by atoms with Gasteiger partial charge in [-0.25, -0.2) is 0 Å². The summed E-state index contributed by atoms with van der Waals surface area (Å²) >= 11 is 18.2.